The predicted octanol–water partition coefficient (Wildman–Crippen LogP) is 3.11. The summed E-state index contributed by atoms with van der Waals surface area (Å²) in [6.45, 7) is 7.11. The summed E-state index contributed by atoms with van der Waals surface area (Å²) in [5.74, 6) is -1.34. The summed E-state index contributed by atoms with van der Waals surface area (Å²) in [4.78, 5) is 11.9. The van der Waals surface area contributed by atoms with Crippen LogP contribution in [0.1, 0.15) is 37.9 Å². The molecular formula is C15H19FN2O. The van der Waals surface area contributed by atoms with Gasteiger partial charge in [-0.2, -0.15) is 5.26 Å². The van der Waals surface area contributed by atoms with Gasteiger partial charge in [0.1, 0.15) is 11.7 Å². The molecule has 102 valence electrons. The number of amides is 1. The zero-order valence-electron chi connectivity index (χ0n) is 11.7. The van der Waals surface area contributed by atoms with Crippen LogP contribution in [-0.4, -0.2) is 5.91 Å². The van der Waals surface area contributed by atoms with Crippen LogP contribution in [0.15, 0.2) is 18.2 Å². The summed E-state index contributed by atoms with van der Waals surface area (Å²) >= 11 is 0. The molecule has 0 radical (unpaired) electrons. The number of halogens is 1. The van der Waals surface area contributed by atoms with Gasteiger partial charge < -0.3 is 5.32 Å². The molecule has 0 fully saturated rings. The second-order valence-corrected chi connectivity index (χ2v) is 5.09. The first-order valence-electron chi connectivity index (χ1n) is 6.32. The molecule has 1 rings (SSSR count). The van der Waals surface area contributed by atoms with E-state index in [1.54, 1.807) is 26.0 Å². The van der Waals surface area contributed by atoms with Gasteiger partial charge in [-0.05, 0) is 37.0 Å². The summed E-state index contributed by atoms with van der Waals surface area (Å²) < 4.78 is 13.5. The highest BCUT2D eigenvalue weighted by Gasteiger charge is 2.23. The second kappa shape index (κ2) is 6.33. The maximum atomic E-state index is 13.5. The highest BCUT2D eigenvalue weighted by molar-refractivity contribution is 5.81. The van der Waals surface area contributed by atoms with Crippen molar-refractivity contribution in [1.82, 2.24) is 5.32 Å². The number of nitrogens with zero attached hydrogens (tertiary/aromatic N) is 1. The molecule has 0 bridgehead atoms. The lowest BCUT2D eigenvalue weighted by atomic mass is 9.96. The molecule has 3 nitrogen and oxygen atoms in total. The monoisotopic (exact) mass is 262 g/mol. The molecule has 2 unspecified atom stereocenters. The Morgan fingerprint density at radius 2 is 2.00 bits per heavy atom. The van der Waals surface area contributed by atoms with E-state index in [2.05, 4.69) is 5.32 Å². The van der Waals surface area contributed by atoms with Crippen molar-refractivity contribution >= 4 is 5.91 Å². The van der Waals surface area contributed by atoms with Crippen molar-refractivity contribution in [3.63, 3.8) is 0 Å². The molecular weight excluding hydrogens is 243 g/mol. The Balaban J connectivity index is 2.79. The number of hydrogen-bond acceptors (Lipinski definition) is 2. The average molecular weight is 262 g/mol. The Morgan fingerprint density at radius 3 is 2.47 bits per heavy atom. The number of hydrogen-bond donors (Lipinski definition) is 1. The van der Waals surface area contributed by atoms with E-state index in [1.807, 2.05) is 19.9 Å². The van der Waals surface area contributed by atoms with Crippen molar-refractivity contribution in [2.24, 2.45) is 11.8 Å². The zero-order valence-corrected chi connectivity index (χ0v) is 11.7. The first kappa shape index (κ1) is 15.2. The molecule has 0 aliphatic rings. The predicted molar refractivity (Wildman–Crippen MR) is 71.6 cm³/mol. The zero-order chi connectivity index (χ0) is 14.6. The summed E-state index contributed by atoms with van der Waals surface area (Å²) in [6, 6.07) is 6.54. The van der Waals surface area contributed by atoms with Crippen LogP contribution >= 0.6 is 0 Å². The maximum Gasteiger partial charge on any atom is 0.238 e. The van der Waals surface area contributed by atoms with Gasteiger partial charge in [-0.3, -0.25) is 4.79 Å². The van der Waals surface area contributed by atoms with Gasteiger partial charge in [0.15, 0.2) is 0 Å². The maximum absolute atomic E-state index is 13.5. The Labute approximate surface area is 113 Å². The van der Waals surface area contributed by atoms with Gasteiger partial charge in [-0.1, -0.05) is 26.0 Å². The van der Waals surface area contributed by atoms with Crippen LogP contribution in [0.2, 0.25) is 0 Å². The number of aryl methyl sites for hydroxylation is 1. The molecule has 0 spiro atoms. The van der Waals surface area contributed by atoms with E-state index < -0.39 is 5.92 Å². The Bertz CT molecular complexity index is 505. The Morgan fingerprint density at radius 1 is 1.37 bits per heavy atom. The number of benzene rings is 1. The quantitative estimate of drug-likeness (QED) is 0.906. The van der Waals surface area contributed by atoms with Gasteiger partial charge in [-0.25, -0.2) is 4.39 Å². The molecule has 1 aromatic rings. The van der Waals surface area contributed by atoms with Crippen LogP contribution in [0.25, 0.3) is 0 Å². The third kappa shape index (κ3) is 3.78. The lowest BCUT2D eigenvalue weighted by Crippen LogP contribution is -2.34. The van der Waals surface area contributed by atoms with Crippen molar-refractivity contribution in [3.8, 4) is 6.07 Å². The first-order valence-corrected chi connectivity index (χ1v) is 6.32. The lowest BCUT2D eigenvalue weighted by Gasteiger charge is -2.18. The molecule has 1 amide bonds. The topological polar surface area (TPSA) is 52.9 Å². The normalized spacial score (nSPS) is 13.7. The number of rotatable bonds is 4. The molecule has 2 atom stereocenters. The summed E-state index contributed by atoms with van der Waals surface area (Å²) in [5.41, 5.74) is 1.26. The Hall–Kier alpha value is -1.89. The van der Waals surface area contributed by atoms with Gasteiger partial charge in [0.2, 0.25) is 5.91 Å². The van der Waals surface area contributed by atoms with E-state index in [9.17, 15) is 9.18 Å². The fourth-order valence-corrected chi connectivity index (χ4v) is 1.78. The molecule has 0 aliphatic carbocycles. The van der Waals surface area contributed by atoms with E-state index in [-0.39, 0.29) is 23.7 Å². The molecule has 0 heterocycles. The molecule has 0 saturated carbocycles. The van der Waals surface area contributed by atoms with E-state index >= 15 is 0 Å². The molecule has 4 heteroatoms. The highest BCUT2D eigenvalue weighted by atomic mass is 19.1. The van der Waals surface area contributed by atoms with Gasteiger partial charge in [0.05, 0.1) is 12.1 Å². The van der Waals surface area contributed by atoms with Crippen LogP contribution in [0.3, 0.4) is 0 Å². The van der Waals surface area contributed by atoms with Crippen molar-refractivity contribution in [1.29, 1.82) is 5.26 Å². The first-order chi connectivity index (χ1) is 8.86. The fourth-order valence-electron chi connectivity index (χ4n) is 1.78. The minimum Gasteiger partial charge on any atom is -0.348 e. The van der Waals surface area contributed by atoms with Crippen molar-refractivity contribution in [2.45, 2.75) is 33.7 Å². The standard InChI is InChI=1S/C15H19FN2O/c1-9(2)13(8-17)15(19)18-11(4)12-6-5-10(3)14(16)7-12/h5-7,9,11,13H,1-4H3,(H,18,19). The van der Waals surface area contributed by atoms with Crippen LogP contribution in [0, 0.1) is 35.9 Å². The summed E-state index contributed by atoms with van der Waals surface area (Å²) in [5, 5.41) is 11.7. The van der Waals surface area contributed by atoms with Crippen molar-refractivity contribution in [3.05, 3.63) is 35.1 Å². The largest absolute Gasteiger partial charge is 0.348 e. The number of carbonyl (C=O) groups is 1. The third-order valence-electron chi connectivity index (χ3n) is 3.14. The third-order valence-corrected chi connectivity index (χ3v) is 3.14. The second-order valence-electron chi connectivity index (χ2n) is 5.09. The van der Waals surface area contributed by atoms with E-state index in [4.69, 9.17) is 5.26 Å². The lowest BCUT2D eigenvalue weighted by molar-refractivity contribution is -0.125. The molecule has 0 aromatic heterocycles. The number of nitriles is 1. The van der Waals surface area contributed by atoms with E-state index in [0.717, 1.165) is 0 Å². The highest BCUT2D eigenvalue weighted by Crippen LogP contribution is 2.18. The number of nitrogens with one attached hydrogen (secondary N) is 1. The van der Waals surface area contributed by atoms with E-state index in [1.165, 1.54) is 6.07 Å². The van der Waals surface area contributed by atoms with Gasteiger partial charge in [-0.15, -0.1) is 0 Å². The van der Waals surface area contributed by atoms with E-state index in [0.29, 0.717) is 11.1 Å². The molecule has 19 heavy (non-hydrogen) atoms. The molecule has 0 saturated heterocycles. The van der Waals surface area contributed by atoms with Gasteiger partial charge >= 0.3 is 0 Å². The van der Waals surface area contributed by atoms with Crippen LogP contribution in [0.4, 0.5) is 4.39 Å². The minimum absolute atomic E-state index is 0.0491. The SMILES string of the molecule is Cc1ccc(C(C)NC(=O)C(C#N)C(C)C)cc1F. The van der Waals surface area contributed by atoms with Crippen molar-refractivity contribution in [2.75, 3.05) is 0 Å². The van der Waals surface area contributed by atoms with Gasteiger partial charge in [0, 0.05) is 0 Å². The smallest absolute Gasteiger partial charge is 0.238 e. The fraction of sp³-hybridized carbons (Fsp3) is 0.467. The van der Waals surface area contributed by atoms with Crippen LogP contribution in [-0.2, 0) is 4.79 Å². The molecule has 0 aliphatic heterocycles. The van der Waals surface area contributed by atoms with Gasteiger partial charge in [0.25, 0.3) is 0 Å². The summed E-state index contributed by atoms with van der Waals surface area (Å²) in [7, 11) is 0. The molecule has 1 N–H and O–H groups in total. The number of carbonyl (C=O) groups excluding carboxylic acids is 1. The minimum atomic E-state index is -0.683. The van der Waals surface area contributed by atoms with Crippen LogP contribution < -0.4 is 5.32 Å². The molecule has 1 aromatic carbocycles. The average Bonchev–Trinajstić information content (AvgIpc) is 2.32. The van der Waals surface area contributed by atoms with Crippen molar-refractivity contribution < 1.29 is 9.18 Å². The summed E-state index contributed by atoms with van der Waals surface area (Å²) in [6.07, 6.45) is 0. The Kier molecular flexibility index (Phi) is 5.05. The van der Waals surface area contributed by atoms with Crippen LogP contribution in [0.5, 0.6) is 0 Å².